The van der Waals surface area contributed by atoms with Crippen molar-refractivity contribution in [1.82, 2.24) is 10.2 Å². The zero-order valence-corrected chi connectivity index (χ0v) is 24.5. The molecule has 1 unspecified atom stereocenters. The van der Waals surface area contributed by atoms with E-state index in [0.29, 0.717) is 18.7 Å². The van der Waals surface area contributed by atoms with Crippen LogP contribution in [0.5, 0.6) is 5.75 Å². The lowest BCUT2D eigenvalue weighted by molar-refractivity contribution is -0.140. The number of aryl methyl sites for hydroxylation is 1. The highest BCUT2D eigenvalue weighted by molar-refractivity contribution is 7.92. The maximum absolute atomic E-state index is 14.1. The summed E-state index contributed by atoms with van der Waals surface area (Å²) in [6, 6.07) is 21.8. The van der Waals surface area contributed by atoms with Gasteiger partial charge >= 0.3 is 0 Å². The number of ether oxygens (including phenoxy) is 1. The Hall–Kier alpha value is -3.85. The first kappa shape index (κ1) is 30.7. The van der Waals surface area contributed by atoms with E-state index in [2.05, 4.69) is 5.32 Å². The molecule has 40 heavy (non-hydrogen) atoms. The van der Waals surface area contributed by atoms with E-state index < -0.39 is 28.5 Å². The van der Waals surface area contributed by atoms with Crippen LogP contribution in [-0.4, -0.2) is 51.4 Å². The molecule has 0 aliphatic rings. The molecule has 0 aliphatic heterocycles. The standard InChI is InChI=1S/C31H39N3O5S/c1-5-7-20-32-31(36)27(6-2)33(22-25-14-10-8-11-15-25)30(35)23-34(28-21-24(3)18-19-29(28)39-4)40(37,38)26-16-12-9-13-17-26/h8-19,21,27H,5-7,20,22-23H2,1-4H3,(H,32,36). The minimum absolute atomic E-state index is 0.0466. The smallest absolute Gasteiger partial charge is 0.264 e. The van der Waals surface area contributed by atoms with E-state index in [1.165, 1.54) is 24.1 Å². The van der Waals surface area contributed by atoms with Gasteiger partial charge in [-0.3, -0.25) is 13.9 Å². The van der Waals surface area contributed by atoms with Crippen LogP contribution in [0.4, 0.5) is 5.69 Å². The molecular weight excluding hydrogens is 526 g/mol. The Morgan fingerprint density at radius 1 is 0.950 bits per heavy atom. The molecule has 0 aliphatic carbocycles. The first-order chi connectivity index (χ1) is 19.2. The molecule has 0 spiro atoms. The number of nitrogens with one attached hydrogen (secondary N) is 1. The number of methoxy groups -OCH3 is 1. The maximum Gasteiger partial charge on any atom is 0.264 e. The monoisotopic (exact) mass is 565 g/mol. The third kappa shape index (κ3) is 7.63. The summed E-state index contributed by atoms with van der Waals surface area (Å²) in [5.74, 6) is -0.438. The lowest BCUT2D eigenvalue weighted by atomic mass is 10.1. The molecule has 9 heteroatoms. The van der Waals surface area contributed by atoms with E-state index in [1.807, 2.05) is 57.2 Å². The van der Waals surface area contributed by atoms with Gasteiger partial charge in [-0.15, -0.1) is 0 Å². The fourth-order valence-corrected chi connectivity index (χ4v) is 5.87. The van der Waals surface area contributed by atoms with Crippen molar-refractivity contribution in [2.24, 2.45) is 0 Å². The number of carbonyl (C=O) groups is 2. The highest BCUT2D eigenvalue weighted by Crippen LogP contribution is 2.33. The van der Waals surface area contributed by atoms with Crippen LogP contribution in [0.15, 0.2) is 83.8 Å². The third-order valence-corrected chi connectivity index (χ3v) is 8.40. The Morgan fingerprint density at radius 2 is 1.60 bits per heavy atom. The van der Waals surface area contributed by atoms with E-state index in [9.17, 15) is 18.0 Å². The molecule has 2 amide bonds. The van der Waals surface area contributed by atoms with Gasteiger partial charge in [-0.25, -0.2) is 8.42 Å². The van der Waals surface area contributed by atoms with Crippen molar-refractivity contribution < 1.29 is 22.7 Å². The SMILES string of the molecule is CCCCNC(=O)C(CC)N(Cc1ccccc1)C(=O)CN(c1cc(C)ccc1OC)S(=O)(=O)c1ccccc1. The predicted molar refractivity (Wildman–Crippen MR) is 158 cm³/mol. The van der Waals surface area contributed by atoms with Crippen molar-refractivity contribution >= 4 is 27.5 Å². The Morgan fingerprint density at radius 3 is 2.20 bits per heavy atom. The Kier molecular flexibility index (Phi) is 11.1. The van der Waals surface area contributed by atoms with Gasteiger partial charge in [-0.05, 0) is 55.2 Å². The quantitative estimate of drug-likeness (QED) is 0.280. The fourth-order valence-electron chi connectivity index (χ4n) is 4.43. The van der Waals surface area contributed by atoms with Gasteiger partial charge in [-0.1, -0.05) is 74.9 Å². The van der Waals surface area contributed by atoms with Crippen molar-refractivity contribution in [2.45, 2.75) is 57.5 Å². The largest absolute Gasteiger partial charge is 0.495 e. The Bertz CT molecular complexity index is 1360. The van der Waals surface area contributed by atoms with Crippen molar-refractivity contribution in [3.8, 4) is 5.75 Å². The summed E-state index contributed by atoms with van der Waals surface area (Å²) < 4.78 is 34.6. The van der Waals surface area contributed by atoms with Crippen molar-refractivity contribution in [2.75, 3.05) is 24.5 Å². The van der Waals surface area contributed by atoms with Crippen molar-refractivity contribution in [1.29, 1.82) is 0 Å². The molecule has 214 valence electrons. The number of unbranched alkanes of at least 4 members (excludes halogenated alkanes) is 1. The second-order valence-electron chi connectivity index (χ2n) is 9.58. The average Bonchev–Trinajstić information content (AvgIpc) is 2.96. The van der Waals surface area contributed by atoms with Crippen molar-refractivity contribution in [3.63, 3.8) is 0 Å². The van der Waals surface area contributed by atoms with Crippen LogP contribution >= 0.6 is 0 Å². The number of rotatable bonds is 14. The number of hydrogen-bond donors (Lipinski definition) is 1. The van der Waals surface area contributed by atoms with Gasteiger partial charge < -0.3 is 15.0 Å². The second kappa shape index (κ2) is 14.5. The third-order valence-electron chi connectivity index (χ3n) is 6.62. The molecule has 0 aromatic heterocycles. The summed E-state index contributed by atoms with van der Waals surface area (Å²) in [6.45, 7) is 5.88. The number of anilines is 1. The maximum atomic E-state index is 14.1. The molecule has 3 rings (SSSR count). The number of carbonyl (C=O) groups excluding carboxylic acids is 2. The Labute approximate surface area is 238 Å². The molecule has 0 heterocycles. The van der Waals surface area contributed by atoms with E-state index in [4.69, 9.17) is 4.74 Å². The molecule has 0 saturated heterocycles. The van der Waals surface area contributed by atoms with Gasteiger partial charge in [0.25, 0.3) is 10.0 Å². The number of hydrogen-bond acceptors (Lipinski definition) is 5. The molecule has 0 saturated carbocycles. The van der Waals surface area contributed by atoms with Crippen LogP contribution in [0.1, 0.15) is 44.2 Å². The zero-order valence-electron chi connectivity index (χ0n) is 23.7. The number of sulfonamides is 1. The molecule has 1 N–H and O–H groups in total. The van der Waals surface area contributed by atoms with Crippen LogP contribution in [0, 0.1) is 6.92 Å². The number of nitrogens with zero attached hydrogens (tertiary/aromatic N) is 2. The normalized spacial score (nSPS) is 11.9. The summed E-state index contributed by atoms with van der Waals surface area (Å²) in [7, 11) is -2.71. The lowest BCUT2D eigenvalue weighted by Crippen LogP contribution is -2.52. The van der Waals surface area contributed by atoms with Gasteiger partial charge in [0, 0.05) is 13.1 Å². The number of benzene rings is 3. The zero-order chi connectivity index (χ0) is 29.1. The molecular formula is C31H39N3O5S. The second-order valence-corrected chi connectivity index (χ2v) is 11.4. The summed E-state index contributed by atoms with van der Waals surface area (Å²) in [5, 5.41) is 2.94. The lowest BCUT2D eigenvalue weighted by Gasteiger charge is -2.33. The molecule has 8 nitrogen and oxygen atoms in total. The van der Waals surface area contributed by atoms with Crippen LogP contribution in [0.3, 0.4) is 0 Å². The van der Waals surface area contributed by atoms with Gasteiger partial charge in [0.2, 0.25) is 11.8 Å². The topological polar surface area (TPSA) is 96.0 Å². The predicted octanol–water partition coefficient (Wildman–Crippen LogP) is 4.92. The minimum Gasteiger partial charge on any atom is -0.495 e. The van der Waals surface area contributed by atoms with Gasteiger partial charge in [0.1, 0.15) is 18.3 Å². The number of amides is 2. The van der Waals surface area contributed by atoms with E-state index in [0.717, 1.165) is 28.3 Å². The molecule has 3 aromatic carbocycles. The highest BCUT2D eigenvalue weighted by Gasteiger charge is 2.34. The van der Waals surface area contributed by atoms with Crippen LogP contribution in [-0.2, 0) is 26.2 Å². The van der Waals surface area contributed by atoms with Crippen molar-refractivity contribution in [3.05, 3.63) is 90.0 Å². The van der Waals surface area contributed by atoms with Crippen LogP contribution in [0.2, 0.25) is 0 Å². The molecule has 0 bridgehead atoms. The van der Waals surface area contributed by atoms with E-state index >= 15 is 0 Å². The first-order valence-electron chi connectivity index (χ1n) is 13.6. The summed E-state index contributed by atoms with van der Waals surface area (Å²) in [4.78, 5) is 28.9. The summed E-state index contributed by atoms with van der Waals surface area (Å²) in [6.07, 6.45) is 2.12. The molecule has 0 fully saturated rings. The molecule has 0 radical (unpaired) electrons. The molecule has 3 aromatic rings. The van der Waals surface area contributed by atoms with Crippen LogP contribution in [0.25, 0.3) is 0 Å². The average molecular weight is 566 g/mol. The molecule has 1 atom stereocenters. The highest BCUT2D eigenvalue weighted by atomic mass is 32.2. The van der Waals surface area contributed by atoms with Gasteiger partial charge in [0.15, 0.2) is 0 Å². The van der Waals surface area contributed by atoms with E-state index in [-0.39, 0.29) is 23.0 Å². The Balaban J connectivity index is 2.07. The summed E-state index contributed by atoms with van der Waals surface area (Å²) in [5.41, 5.74) is 1.89. The van der Waals surface area contributed by atoms with Crippen LogP contribution < -0.4 is 14.4 Å². The fraction of sp³-hybridized carbons (Fsp3) is 0.355. The van der Waals surface area contributed by atoms with E-state index in [1.54, 1.807) is 30.3 Å². The minimum atomic E-state index is -4.17. The first-order valence-corrected chi connectivity index (χ1v) is 15.0. The van der Waals surface area contributed by atoms with Gasteiger partial charge in [-0.2, -0.15) is 0 Å². The summed E-state index contributed by atoms with van der Waals surface area (Å²) >= 11 is 0. The van der Waals surface area contributed by atoms with Gasteiger partial charge in [0.05, 0.1) is 17.7 Å².